The average Bonchev–Trinajstić information content (AvgIpc) is 2.45. The van der Waals surface area contributed by atoms with E-state index in [9.17, 15) is 14.4 Å². The molecule has 2 N–H and O–H groups in total. The van der Waals surface area contributed by atoms with E-state index < -0.39 is 11.9 Å². The van der Waals surface area contributed by atoms with Crippen molar-refractivity contribution in [3.8, 4) is 0 Å². The Labute approximate surface area is 116 Å². The molecule has 20 heavy (non-hydrogen) atoms. The number of carbonyl (C=O) groups is 3. The standard InChI is InChI=1S/C13H16N2O5/c1-14-13(18)9-3-5-10(6-4-9)15-11(16)7-20-12(17)8-19-2/h3-6H,7-8H2,1-2H3,(H,14,18)(H,15,16). The fourth-order valence-electron chi connectivity index (χ4n) is 1.35. The van der Waals surface area contributed by atoms with Gasteiger partial charge in [0, 0.05) is 25.4 Å². The zero-order chi connectivity index (χ0) is 15.0. The van der Waals surface area contributed by atoms with Gasteiger partial charge in [0.25, 0.3) is 11.8 Å². The lowest BCUT2D eigenvalue weighted by Crippen LogP contribution is -2.22. The second-order valence-electron chi connectivity index (χ2n) is 3.80. The van der Waals surface area contributed by atoms with Crippen LogP contribution < -0.4 is 10.6 Å². The second-order valence-corrected chi connectivity index (χ2v) is 3.80. The van der Waals surface area contributed by atoms with Crippen molar-refractivity contribution in [1.82, 2.24) is 5.32 Å². The Hall–Kier alpha value is -2.41. The molecule has 2 amide bonds. The Kier molecular flexibility index (Phi) is 6.18. The molecule has 0 bridgehead atoms. The van der Waals surface area contributed by atoms with Crippen molar-refractivity contribution in [1.29, 1.82) is 0 Å². The first-order chi connectivity index (χ1) is 9.56. The maximum Gasteiger partial charge on any atom is 0.332 e. The molecule has 0 fully saturated rings. The van der Waals surface area contributed by atoms with Crippen molar-refractivity contribution >= 4 is 23.5 Å². The summed E-state index contributed by atoms with van der Waals surface area (Å²) in [5.41, 5.74) is 0.988. The third kappa shape index (κ3) is 5.07. The molecular formula is C13H16N2O5. The molecule has 0 aliphatic heterocycles. The van der Waals surface area contributed by atoms with Crippen molar-refractivity contribution in [2.75, 3.05) is 32.7 Å². The number of anilines is 1. The summed E-state index contributed by atoms with van der Waals surface area (Å²) in [6.07, 6.45) is 0. The smallest absolute Gasteiger partial charge is 0.332 e. The first-order valence-corrected chi connectivity index (χ1v) is 5.83. The molecule has 1 rings (SSSR count). The number of carbonyl (C=O) groups excluding carboxylic acids is 3. The number of methoxy groups -OCH3 is 1. The van der Waals surface area contributed by atoms with Crippen molar-refractivity contribution in [3.63, 3.8) is 0 Å². The first-order valence-electron chi connectivity index (χ1n) is 5.83. The molecule has 0 spiro atoms. The van der Waals surface area contributed by atoms with Crippen molar-refractivity contribution in [2.45, 2.75) is 0 Å². The Morgan fingerprint density at radius 3 is 2.30 bits per heavy atom. The van der Waals surface area contributed by atoms with E-state index in [2.05, 4.69) is 20.1 Å². The zero-order valence-electron chi connectivity index (χ0n) is 11.3. The molecule has 0 radical (unpaired) electrons. The topological polar surface area (TPSA) is 93.7 Å². The maximum atomic E-state index is 11.5. The number of esters is 1. The van der Waals surface area contributed by atoms with Gasteiger partial charge in [0.15, 0.2) is 6.61 Å². The van der Waals surface area contributed by atoms with Gasteiger partial charge in [-0.1, -0.05) is 0 Å². The minimum Gasteiger partial charge on any atom is -0.454 e. The van der Waals surface area contributed by atoms with Crippen LogP contribution in [-0.4, -0.2) is 45.2 Å². The molecule has 0 aliphatic carbocycles. The summed E-state index contributed by atoms with van der Waals surface area (Å²) in [5, 5.41) is 5.03. The molecule has 108 valence electrons. The van der Waals surface area contributed by atoms with Crippen LogP contribution in [0.5, 0.6) is 0 Å². The quantitative estimate of drug-likeness (QED) is 0.725. The first kappa shape index (κ1) is 15.6. The van der Waals surface area contributed by atoms with Gasteiger partial charge >= 0.3 is 5.97 Å². The largest absolute Gasteiger partial charge is 0.454 e. The van der Waals surface area contributed by atoms with Gasteiger partial charge in [-0.15, -0.1) is 0 Å². The fraction of sp³-hybridized carbons (Fsp3) is 0.308. The third-order valence-electron chi connectivity index (χ3n) is 2.28. The van der Waals surface area contributed by atoms with Gasteiger partial charge in [-0.25, -0.2) is 4.79 Å². The number of nitrogens with one attached hydrogen (secondary N) is 2. The number of benzene rings is 1. The molecule has 7 heteroatoms. The Morgan fingerprint density at radius 1 is 1.10 bits per heavy atom. The molecule has 1 aromatic rings. The molecule has 0 aromatic heterocycles. The van der Waals surface area contributed by atoms with E-state index in [4.69, 9.17) is 0 Å². The van der Waals surface area contributed by atoms with Gasteiger partial charge < -0.3 is 20.1 Å². The molecule has 0 unspecified atom stereocenters. The highest BCUT2D eigenvalue weighted by Gasteiger charge is 2.08. The monoisotopic (exact) mass is 280 g/mol. The number of rotatable bonds is 6. The zero-order valence-corrected chi connectivity index (χ0v) is 11.3. The van der Waals surface area contributed by atoms with Crippen LogP contribution in [-0.2, 0) is 19.1 Å². The van der Waals surface area contributed by atoms with E-state index in [0.717, 1.165) is 0 Å². The molecule has 7 nitrogen and oxygen atoms in total. The van der Waals surface area contributed by atoms with Gasteiger partial charge in [0.05, 0.1) is 0 Å². The van der Waals surface area contributed by atoms with Crippen LogP contribution in [0.3, 0.4) is 0 Å². The molecule has 0 heterocycles. The van der Waals surface area contributed by atoms with Crippen molar-refractivity contribution < 1.29 is 23.9 Å². The average molecular weight is 280 g/mol. The highest BCUT2D eigenvalue weighted by Crippen LogP contribution is 2.09. The van der Waals surface area contributed by atoms with Crippen LogP contribution >= 0.6 is 0 Å². The highest BCUT2D eigenvalue weighted by atomic mass is 16.6. The van der Waals surface area contributed by atoms with Crippen LogP contribution in [0.4, 0.5) is 5.69 Å². The van der Waals surface area contributed by atoms with E-state index in [-0.39, 0.29) is 19.1 Å². The lowest BCUT2D eigenvalue weighted by atomic mass is 10.2. The summed E-state index contributed by atoms with van der Waals surface area (Å²) < 4.78 is 9.21. The number of hydrogen-bond donors (Lipinski definition) is 2. The lowest BCUT2D eigenvalue weighted by Gasteiger charge is -2.07. The Bertz CT molecular complexity index is 484. The van der Waals surface area contributed by atoms with Crippen molar-refractivity contribution in [2.24, 2.45) is 0 Å². The Morgan fingerprint density at radius 2 is 1.75 bits per heavy atom. The fourth-order valence-corrected chi connectivity index (χ4v) is 1.35. The molecular weight excluding hydrogens is 264 g/mol. The summed E-state index contributed by atoms with van der Waals surface area (Å²) in [6, 6.07) is 6.32. The predicted octanol–water partition coefficient (Wildman–Crippen LogP) is 0.174. The van der Waals surface area contributed by atoms with Crippen LogP contribution in [0.1, 0.15) is 10.4 Å². The summed E-state index contributed by atoms with van der Waals surface area (Å²) in [5.74, 6) is -1.30. The van der Waals surface area contributed by atoms with E-state index in [0.29, 0.717) is 11.3 Å². The van der Waals surface area contributed by atoms with E-state index in [1.54, 1.807) is 24.3 Å². The van der Waals surface area contributed by atoms with Gasteiger partial charge in [-0.05, 0) is 24.3 Å². The molecule has 0 atom stereocenters. The number of ether oxygens (including phenoxy) is 2. The minimum absolute atomic E-state index is 0.200. The minimum atomic E-state index is -0.613. The van der Waals surface area contributed by atoms with E-state index in [1.807, 2.05) is 0 Å². The van der Waals surface area contributed by atoms with Gasteiger partial charge in [0.1, 0.15) is 6.61 Å². The SMILES string of the molecule is CNC(=O)c1ccc(NC(=O)COC(=O)COC)cc1. The van der Waals surface area contributed by atoms with Crippen LogP contribution in [0.15, 0.2) is 24.3 Å². The number of hydrogen-bond acceptors (Lipinski definition) is 5. The van der Waals surface area contributed by atoms with Crippen LogP contribution in [0.2, 0.25) is 0 Å². The normalized spacial score (nSPS) is 9.70. The number of amides is 2. The molecule has 1 aromatic carbocycles. The predicted molar refractivity (Wildman–Crippen MR) is 71.3 cm³/mol. The summed E-state index contributed by atoms with van der Waals surface area (Å²) in [4.78, 5) is 33.8. The van der Waals surface area contributed by atoms with E-state index >= 15 is 0 Å². The highest BCUT2D eigenvalue weighted by molar-refractivity contribution is 5.96. The third-order valence-corrected chi connectivity index (χ3v) is 2.28. The van der Waals surface area contributed by atoms with Crippen LogP contribution in [0, 0.1) is 0 Å². The molecule has 0 saturated heterocycles. The lowest BCUT2D eigenvalue weighted by molar-refractivity contribution is -0.150. The summed E-state index contributed by atoms with van der Waals surface area (Å²) in [7, 11) is 2.89. The molecule has 0 saturated carbocycles. The van der Waals surface area contributed by atoms with Crippen molar-refractivity contribution in [3.05, 3.63) is 29.8 Å². The summed E-state index contributed by atoms with van der Waals surface area (Å²) >= 11 is 0. The van der Waals surface area contributed by atoms with Gasteiger partial charge in [0.2, 0.25) is 0 Å². The van der Waals surface area contributed by atoms with E-state index in [1.165, 1.54) is 14.2 Å². The Balaban J connectivity index is 2.46. The summed E-state index contributed by atoms with van der Waals surface area (Å²) in [6.45, 7) is -0.590. The van der Waals surface area contributed by atoms with Crippen LogP contribution in [0.25, 0.3) is 0 Å². The second kappa shape index (κ2) is 7.90. The maximum absolute atomic E-state index is 11.5. The van der Waals surface area contributed by atoms with Gasteiger partial charge in [-0.3, -0.25) is 9.59 Å². The van der Waals surface area contributed by atoms with Gasteiger partial charge in [-0.2, -0.15) is 0 Å². The molecule has 0 aliphatic rings.